The molecule has 0 aromatic rings. The third kappa shape index (κ3) is 1.94. The standard InChI is InChI=1S/C9H18N2O2S/c1-14(12,13)11-6-8-5-10-7-9(8)3-2-4-9/h8,10-11H,2-7H2,1H3. The highest BCUT2D eigenvalue weighted by atomic mass is 32.2. The molecule has 2 aliphatic rings. The summed E-state index contributed by atoms with van der Waals surface area (Å²) in [6, 6.07) is 0. The molecule has 1 spiro atoms. The zero-order chi connectivity index (χ0) is 10.2. The van der Waals surface area contributed by atoms with Gasteiger partial charge in [0.1, 0.15) is 0 Å². The number of hydrogen-bond donors (Lipinski definition) is 2. The Morgan fingerprint density at radius 3 is 2.71 bits per heavy atom. The van der Waals surface area contributed by atoms with Gasteiger partial charge in [0.2, 0.25) is 10.0 Å². The van der Waals surface area contributed by atoms with Crippen LogP contribution in [0.5, 0.6) is 0 Å². The molecule has 1 aliphatic carbocycles. The second kappa shape index (κ2) is 3.47. The smallest absolute Gasteiger partial charge is 0.208 e. The lowest BCUT2D eigenvalue weighted by Gasteiger charge is -2.42. The van der Waals surface area contributed by atoms with Crippen LogP contribution in [-0.2, 0) is 10.0 Å². The maximum Gasteiger partial charge on any atom is 0.208 e. The fourth-order valence-electron chi connectivity index (χ4n) is 2.61. The van der Waals surface area contributed by atoms with Crippen molar-refractivity contribution in [1.82, 2.24) is 10.0 Å². The quantitative estimate of drug-likeness (QED) is 0.697. The van der Waals surface area contributed by atoms with E-state index in [1.165, 1.54) is 25.5 Å². The first kappa shape index (κ1) is 10.4. The van der Waals surface area contributed by atoms with E-state index in [1.807, 2.05) is 0 Å². The van der Waals surface area contributed by atoms with E-state index in [9.17, 15) is 8.42 Å². The highest BCUT2D eigenvalue weighted by molar-refractivity contribution is 7.88. The summed E-state index contributed by atoms with van der Waals surface area (Å²) < 4.78 is 24.6. The number of rotatable bonds is 3. The highest BCUT2D eigenvalue weighted by Gasteiger charge is 2.46. The maximum absolute atomic E-state index is 11.0. The molecule has 2 fully saturated rings. The van der Waals surface area contributed by atoms with Crippen molar-refractivity contribution in [2.75, 3.05) is 25.9 Å². The van der Waals surface area contributed by atoms with E-state index in [-0.39, 0.29) is 0 Å². The molecule has 1 saturated heterocycles. The van der Waals surface area contributed by atoms with Gasteiger partial charge in [0.15, 0.2) is 0 Å². The Labute approximate surface area is 85.5 Å². The number of sulfonamides is 1. The first-order valence-electron chi connectivity index (χ1n) is 5.17. The van der Waals surface area contributed by atoms with Crippen LogP contribution in [0.25, 0.3) is 0 Å². The van der Waals surface area contributed by atoms with Crippen molar-refractivity contribution < 1.29 is 8.42 Å². The van der Waals surface area contributed by atoms with Gasteiger partial charge in [0, 0.05) is 13.1 Å². The molecule has 0 bridgehead atoms. The summed E-state index contributed by atoms with van der Waals surface area (Å²) in [6.45, 7) is 2.64. The molecule has 14 heavy (non-hydrogen) atoms. The minimum Gasteiger partial charge on any atom is -0.316 e. The second-order valence-corrected chi connectivity index (χ2v) is 6.50. The van der Waals surface area contributed by atoms with Crippen molar-refractivity contribution in [3.63, 3.8) is 0 Å². The lowest BCUT2D eigenvalue weighted by atomic mass is 9.63. The van der Waals surface area contributed by atoms with Gasteiger partial charge in [-0.05, 0) is 30.7 Å². The third-order valence-electron chi connectivity index (χ3n) is 3.68. The van der Waals surface area contributed by atoms with Crippen LogP contribution < -0.4 is 10.0 Å². The van der Waals surface area contributed by atoms with E-state index in [2.05, 4.69) is 10.0 Å². The van der Waals surface area contributed by atoms with Crippen LogP contribution in [0.15, 0.2) is 0 Å². The van der Waals surface area contributed by atoms with Crippen LogP contribution in [-0.4, -0.2) is 34.3 Å². The summed E-state index contributed by atoms with van der Waals surface area (Å²) in [5.41, 5.74) is 0.414. The Balaban J connectivity index is 1.91. The van der Waals surface area contributed by atoms with E-state index in [1.54, 1.807) is 0 Å². The van der Waals surface area contributed by atoms with E-state index >= 15 is 0 Å². The number of hydrogen-bond acceptors (Lipinski definition) is 3. The van der Waals surface area contributed by atoms with Crippen molar-refractivity contribution in [1.29, 1.82) is 0 Å². The molecular formula is C9H18N2O2S. The molecule has 1 unspecified atom stereocenters. The Morgan fingerprint density at radius 2 is 2.21 bits per heavy atom. The average Bonchev–Trinajstić information content (AvgIpc) is 2.41. The molecule has 0 aromatic heterocycles. The van der Waals surface area contributed by atoms with Gasteiger partial charge in [-0.3, -0.25) is 0 Å². The van der Waals surface area contributed by atoms with E-state index < -0.39 is 10.0 Å². The summed E-state index contributed by atoms with van der Waals surface area (Å²) in [5, 5.41) is 3.37. The predicted molar refractivity (Wildman–Crippen MR) is 55.5 cm³/mol. The summed E-state index contributed by atoms with van der Waals surface area (Å²) >= 11 is 0. The van der Waals surface area contributed by atoms with Gasteiger partial charge >= 0.3 is 0 Å². The second-order valence-electron chi connectivity index (χ2n) is 4.66. The Hall–Kier alpha value is -0.130. The minimum atomic E-state index is -3.02. The largest absolute Gasteiger partial charge is 0.316 e. The zero-order valence-electron chi connectivity index (χ0n) is 8.54. The normalized spacial score (nSPS) is 30.5. The van der Waals surface area contributed by atoms with Gasteiger partial charge in [-0.1, -0.05) is 6.42 Å². The first-order valence-corrected chi connectivity index (χ1v) is 7.06. The molecule has 1 atom stereocenters. The van der Waals surface area contributed by atoms with Crippen molar-refractivity contribution in [2.24, 2.45) is 11.3 Å². The van der Waals surface area contributed by atoms with Gasteiger partial charge in [-0.15, -0.1) is 0 Å². The molecule has 82 valence electrons. The van der Waals surface area contributed by atoms with Crippen LogP contribution in [0.3, 0.4) is 0 Å². The topological polar surface area (TPSA) is 58.2 Å². The van der Waals surface area contributed by atoms with Gasteiger partial charge in [-0.25, -0.2) is 13.1 Å². The molecule has 1 saturated carbocycles. The average molecular weight is 218 g/mol. The van der Waals surface area contributed by atoms with E-state index in [0.717, 1.165) is 13.1 Å². The van der Waals surface area contributed by atoms with Crippen LogP contribution in [0.2, 0.25) is 0 Å². The molecular weight excluding hydrogens is 200 g/mol. The van der Waals surface area contributed by atoms with Crippen molar-refractivity contribution in [3.05, 3.63) is 0 Å². The summed E-state index contributed by atoms with van der Waals surface area (Å²) in [4.78, 5) is 0. The highest BCUT2D eigenvalue weighted by Crippen LogP contribution is 2.48. The molecule has 2 N–H and O–H groups in total. The predicted octanol–water partition coefficient (Wildman–Crippen LogP) is -0.0747. The lowest BCUT2D eigenvalue weighted by Crippen LogP contribution is -2.42. The fraction of sp³-hybridized carbons (Fsp3) is 1.00. The number of nitrogens with one attached hydrogen (secondary N) is 2. The van der Waals surface area contributed by atoms with Crippen LogP contribution >= 0.6 is 0 Å². The minimum absolute atomic E-state index is 0.414. The molecule has 1 aliphatic heterocycles. The van der Waals surface area contributed by atoms with Gasteiger partial charge in [0.05, 0.1) is 6.26 Å². The van der Waals surface area contributed by atoms with Crippen LogP contribution in [0, 0.1) is 11.3 Å². The van der Waals surface area contributed by atoms with Crippen molar-refractivity contribution >= 4 is 10.0 Å². The molecule has 1 heterocycles. The maximum atomic E-state index is 11.0. The van der Waals surface area contributed by atoms with Gasteiger partial charge < -0.3 is 5.32 Å². The summed E-state index contributed by atoms with van der Waals surface area (Å²) in [6.07, 6.45) is 5.05. The molecule has 4 nitrogen and oxygen atoms in total. The monoisotopic (exact) mass is 218 g/mol. The molecule has 5 heteroatoms. The Bertz CT molecular complexity index is 309. The van der Waals surface area contributed by atoms with E-state index in [4.69, 9.17) is 0 Å². The van der Waals surface area contributed by atoms with E-state index in [0.29, 0.717) is 17.9 Å². The Morgan fingerprint density at radius 1 is 1.50 bits per heavy atom. The van der Waals surface area contributed by atoms with Crippen LogP contribution in [0.1, 0.15) is 19.3 Å². The summed E-state index contributed by atoms with van der Waals surface area (Å²) in [5.74, 6) is 0.492. The van der Waals surface area contributed by atoms with Gasteiger partial charge in [0.25, 0.3) is 0 Å². The summed E-state index contributed by atoms with van der Waals surface area (Å²) in [7, 11) is -3.02. The molecule has 0 aromatic carbocycles. The van der Waals surface area contributed by atoms with Crippen molar-refractivity contribution in [3.8, 4) is 0 Å². The lowest BCUT2D eigenvalue weighted by molar-refractivity contribution is 0.100. The zero-order valence-corrected chi connectivity index (χ0v) is 9.36. The first-order chi connectivity index (χ1) is 6.52. The van der Waals surface area contributed by atoms with Crippen LogP contribution in [0.4, 0.5) is 0 Å². The SMILES string of the molecule is CS(=O)(=O)NCC1CNCC12CCC2. The Kier molecular flexibility index (Phi) is 2.57. The fourth-order valence-corrected chi connectivity index (χ4v) is 3.12. The van der Waals surface area contributed by atoms with Crippen molar-refractivity contribution in [2.45, 2.75) is 19.3 Å². The molecule has 2 rings (SSSR count). The van der Waals surface area contributed by atoms with Gasteiger partial charge in [-0.2, -0.15) is 0 Å². The molecule has 0 amide bonds. The molecule has 0 radical (unpaired) electrons. The third-order valence-corrected chi connectivity index (χ3v) is 4.37.